The number of anilines is 2. The summed E-state index contributed by atoms with van der Waals surface area (Å²) in [5.74, 6) is 0.700. The van der Waals surface area contributed by atoms with E-state index < -0.39 is 0 Å². The van der Waals surface area contributed by atoms with Crippen molar-refractivity contribution >= 4 is 17.7 Å². The van der Waals surface area contributed by atoms with Crippen LogP contribution in [0.2, 0.25) is 0 Å². The molecule has 0 saturated heterocycles. The van der Waals surface area contributed by atoms with Crippen LogP contribution >= 0.6 is 0 Å². The van der Waals surface area contributed by atoms with Crippen molar-refractivity contribution in [3.8, 4) is 0 Å². The molecule has 3 N–H and O–H groups in total. The Hall–Kier alpha value is -1.85. The first kappa shape index (κ1) is 15.5. The fourth-order valence-electron chi connectivity index (χ4n) is 2.70. The van der Waals surface area contributed by atoms with E-state index in [2.05, 4.69) is 22.2 Å². The Bertz CT molecular complexity index is 505. The second-order valence-corrected chi connectivity index (χ2v) is 5.43. The molecule has 6 nitrogen and oxygen atoms in total. The molecule has 0 bridgehead atoms. The third kappa shape index (κ3) is 3.83. The standard InChI is InChI=1S/C15H24N4O2/c1-3-4-8-12(14(20)21-2)17-13-10-7-5-6-9-11(10)18-15(16)19-13/h12H,3-9H2,1-2H3,(H3,16,17,18,19). The zero-order valence-electron chi connectivity index (χ0n) is 12.8. The number of nitrogens with one attached hydrogen (secondary N) is 1. The fraction of sp³-hybridized carbons (Fsp3) is 0.667. The van der Waals surface area contributed by atoms with Crippen LogP contribution in [0.3, 0.4) is 0 Å². The van der Waals surface area contributed by atoms with Gasteiger partial charge in [-0.05, 0) is 32.1 Å². The van der Waals surface area contributed by atoms with Gasteiger partial charge in [0.2, 0.25) is 5.95 Å². The lowest BCUT2D eigenvalue weighted by Crippen LogP contribution is -2.32. The second-order valence-electron chi connectivity index (χ2n) is 5.43. The highest BCUT2D eigenvalue weighted by Crippen LogP contribution is 2.27. The molecule has 1 aromatic heterocycles. The summed E-state index contributed by atoms with van der Waals surface area (Å²) < 4.78 is 4.88. The molecule has 0 aliphatic heterocycles. The largest absolute Gasteiger partial charge is 0.467 e. The minimum absolute atomic E-state index is 0.259. The van der Waals surface area contributed by atoms with Crippen LogP contribution in [0.25, 0.3) is 0 Å². The zero-order valence-corrected chi connectivity index (χ0v) is 12.8. The molecule has 0 amide bonds. The highest BCUT2D eigenvalue weighted by atomic mass is 16.5. The van der Waals surface area contributed by atoms with Gasteiger partial charge in [-0.15, -0.1) is 0 Å². The van der Waals surface area contributed by atoms with Gasteiger partial charge in [-0.2, -0.15) is 4.98 Å². The molecule has 21 heavy (non-hydrogen) atoms. The number of nitrogen functional groups attached to an aromatic ring is 1. The number of carbonyl (C=O) groups is 1. The van der Waals surface area contributed by atoms with Crippen molar-refractivity contribution in [2.24, 2.45) is 0 Å². The zero-order chi connectivity index (χ0) is 15.2. The Morgan fingerprint density at radius 3 is 2.86 bits per heavy atom. The van der Waals surface area contributed by atoms with Crippen LogP contribution in [0.1, 0.15) is 50.3 Å². The number of carbonyl (C=O) groups excluding carboxylic acids is 1. The molecule has 1 heterocycles. The SMILES string of the molecule is CCCCC(Nc1nc(N)nc2c1CCCC2)C(=O)OC. The molecule has 0 radical (unpaired) electrons. The van der Waals surface area contributed by atoms with Gasteiger partial charge in [0.05, 0.1) is 12.8 Å². The van der Waals surface area contributed by atoms with Crippen LogP contribution in [0.5, 0.6) is 0 Å². The summed E-state index contributed by atoms with van der Waals surface area (Å²) in [4.78, 5) is 20.5. The van der Waals surface area contributed by atoms with Crippen LogP contribution in [-0.4, -0.2) is 29.1 Å². The van der Waals surface area contributed by atoms with Gasteiger partial charge in [0.25, 0.3) is 0 Å². The average Bonchev–Trinajstić information content (AvgIpc) is 2.50. The number of hydrogen-bond acceptors (Lipinski definition) is 6. The summed E-state index contributed by atoms with van der Waals surface area (Å²) in [6, 6.07) is -0.379. The van der Waals surface area contributed by atoms with Gasteiger partial charge in [0.15, 0.2) is 0 Å². The van der Waals surface area contributed by atoms with Crippen molar-refractivity contribution in [1.29, 1.82) is 0 Å². The Kier molecular flexibility index (Phi) is 5.36. The molecule has 1 aliphatic carbocycles. The maximum atomic E-state index is 11.9. The number of unbranched alkanes of at least 4 members (excludes halogenated alkanes) is 1. The van der Waals surface area contributed by atoms with E-state index in [-0.39, 0.29) is 18.0 Å². The van der Waals surface area contributed by atoms with Crippen molar-refractivity contribution in [2.45, 2.75) is 57.9 Å². The summed E-state index contributed by atoms with van der Waals surface area (Å²) in [5, 5.41) is 3.23. The predicted octanol–water partition coefficient (Wildman–Crippen LogP) is 2.08. The number of hydrogen-bond donors (Lipinski definition) is 2. The molecular formula is C15H24N4O2. The van der Waals surface area contributed by atoms with Crippen LogP contribution in [-0.2, 0) is 22.4 Å². The Morgan fingerprint density at radius 1 is 1.38 bits per heavy atom. The van der Waals surface area contributed by atoms with E-state index in [1.165, 1.54) is 7.11 Å². The lowest BCUT2D eigenvalue weighted by Gasteiger charge is -2.22. The highest BCUT2D eigenvalue weighted by molar-refractivity contribution is 5.79. The third-order valence-electron chi connectivity index (χ3n) is 3.84. The minimum Gasteiger partial charge on any atom is -0.467 e. The van der Waals surface area contributed by atoms with Crippen LogP contribution in [0.15, 0.2) is 0 Å². The molecule has 1 unspecified atom stereocenters. The van der Waals surface area contributed by atoms with Crippen LogP contribution in [0, 0.1) is 0 Å². The summed E-state index contributed by atoms with van der Waals surface area (Å²) in [5.41, 5.74) is 7.90. The van der Waals surface area contributed by atoms with E-state index in [0.29, 0.717) is 5.82 Å². The third-order valence-corrected chi connectivity index (χ3v) is 3.84. The normalized spacial score (nSPS) is 15.1. The molecule has 1 aromatic rings. The fourth-order valence-corrected chi connectivity index (χ4v) is 2.70. The summed E-state index contributed by atoms with van der Waals surface area (Å²) >= 11 is 0. The van der Waals surface area contributed by atoms with Crippen molar-refractivity contribution in [3.63, 3.8) is 0 Å². The number of aryl methyl sites for hydroxylation is 1. The Labute approximate surface area is 125 Å². The lowest BCUT2D eigenvalue weighted by atomic mass is 9.96. The van der Waals surface area contributed by atoms with Gasteiger partial charge in [0, 0.05) is 5.56 Å². The predicted molar refractivity (Wildman–Crippen MR) is 82.0 cm³/mol. The first-order valence-electron chi connectivity index (χ1n) is 7.65. The van der Waals surface area contributed by atoms with E-state index >= 15 is 0 Å². The number of methoxy groups -OCH3 is 1. The molecular weight excluding hydrogens is 268 g/mol. The first-order chi connectivity index (χ1) is 10.2. The number of esters is 1. The van der Waals surface area contributed by atoms with Crippen molar-refractivity contribution in [2.75, 3.05) is 18.2 Å². The molecule has 1 aliphatic rings. The minimum atomic E-state index is -0.379. The van der Waals surface area contributed by atoms with Gasteiger partial charge in [-0.25, -0.2) is 9.78 Å². The van der Waals surface area contributed by atoms with E-state index in [4.69, 9.17) is 10.5 Å². The number of nitrogens with zero attached hydrogens (tertiary/aromatic N) is 2. The lowest BCUT2D eigenvalue weighted by molar-refractivity contribution is -0.141. The average molecular weight is 292 g/mol. The highest BCUT2D eigenvalue weighted by Gasteiger charge is 2.23. The van der Waals surface area contributed by atoms with Crippen molar-refractivity contribution < 1.29 is 9.53 Å². The molecule has 0 fully saturated rings. The number of nitrogens with two attached hydrogens (primary N) is 1. The summed E-state index contributed by atoms with van der Waals surface area (Å²) in [6.07, 6.45) is 6.80. The van der Waals surface area contributed by atoms with Gasteiger partial charge in [0.1, 0.15) is 11.9 Å². The van der Waals surface area contributed by atoms with Crippen LogP contribution in [0.4, 0.5) is 11.8 Å². The number of aromatic nitrogens is 2. The van der Waals surface area contributed by atoms with Crippen LogP contribution < -0.4 is 11.1 Å². The summed E-state index contributed by atoms with van der Waals surface area (Å²) in [7, 11) is 1.41. The summed E-state index contributed by atoms with van der Waals surface area (Å²) in [6.45, 7) is 2.10. The number of fused-ring (bicyclic) bond motifs is 1. The number of ether oxygens (including phenoxy) is 1. The molecule has 0 aromatic carbocycles. The van der Waals surface area contributed by atoms with E-state index in [1.54, 1.807) is 0 Å². The van der Waals surface area contributed by atoms with Crippen molar-refractivity contribution in [3.05, 3.63) is 11.3 Å². The maximum Gasteiger partial charge on any atom is 0.328 e. The molecule has 2 rings (SSSR count). The van der Waals surface area contributed by atoms with Gasteiger partial charge >= 0.3 is 5.97 Å². The molecule has 116 valence electrons. The first-order valence-corrected chi connectivity index (χ1v) is 7.65. The smallest absolute Gasteiger partial charge is 0.328 e. The topological polar surface area (TPSA) is 90.1 Å². The molecule has 0 saturated carbocycles. The maximum absolute atomic E-state index is 11.9. The van der Waals surface area contributed by atoms with Gasteiger partial charge < -0.3 is 15.8 Å². The number of rotatable bonds is 6. The van der Waals surface area contributed by atoms with E-state index in [9.17, 15) is 4.79 Å². The van der Waals surface area contributed by atoms with E-state index in [1.807, 2.05) is 0 Å². The second kappa shape index (κ2) is 7.24. The quantitative estimate of drug-likeness (QED) is 0.780. The van der Waals surface area contributed by atoms with Gasteiger partial charge in [-0.1, -0.05) is 19.8 Å². The monoisotopic (exact) mass is 292 g/mol. The van der Waals surface area contributed by atoms with Crippen molar-refractivity contribution in [1.82, 2.24) is 9.97 Å². The molecule has 0 spiro atoms. The molecule has 6 heteroatoms. The Balaban J connectivity index is 2.23. The van der Waals surface area contributed by atoms with Gasteiger partial charge in [-0.3, -0.25) is 0 Å². The Morgan fingerprint density at radius 2 is 2.14 bits per heavy atom. The molecule has 1 atom stereocenters. The van der Waals surface area contributed by atoms with E-state index in [0.717, 1.165) is 56.2 Å².